The van der Waals surface area contributed by atoms with Crippen LogP contribution in [0, 0.1) is 24.7 Å². The van der Waals surface area contributed by atoms with Crippen LogP contribution in [-0.2, 0) is 0 Å². The van der Waals surface area contributed by atoms with E-state index in [-0.39, 0.29) is 11.9 Å². The SMILES string of the molecule is CCC1=C(c2ccc(C(=O)NC(C)C3CC3)cn2)CC(CC2CC2)C(C)c2ccc(C)cc21. The van der Waals surface area contributed by atoms with Crippen molar-refractivity contribution in [3.8, 4) is 0 Å². The van der Waals surface area contributed by atoms with Crippen molar-refractivity contribution in [2.45, 2.75) is 84.6 Å². The Hall–Kier alpha value is -2.42. The van der Waals surface area contributed by atoms with Crippen LogP contribution in [-0.4, -0.2) is 16.9 Å². The van der Waals surface area contributed by atoms with Crippen LogP contribution in [0.3, 0.4) is 0 Å². The van der Waals surface area contributed by atoms with Gasteiger partial charge in [-0.3, -0.25) is 9.78 Å². The van der Waals surface area contributed by atoms with Gasteiger partial charge in [-0.1, -0.05) is 50.5 Å². The third kappa shape index (κ3) is 4.78. The molecular formula is C30H38N2O. The summed E-state index contributed by atoms with van der Waals surface area (Å²) in [6.07, 6.45) is 10.4. The van der Waals surface area contributed by atoms with E-state index in [4.69, 9.17) is 4.98 Å². The number of fused-ring (bicyclic) bond motifs is 1. The molecule has 0 aliphatic heterocycles. The number of hydrogen-bond acceptors (Lipinski definition) is 2. The van der Waals surface area contributed by atoms with Gasteiger partial charge in [0.15, 0.2) is 0 Å². The Morgan fingerprint density at radius 1 is 1.15 bits per heavy atom. The predicted molar refractivity (Wildman–Crippen MR) is 136 cm³/mol. The molecule has 0 spiro atoms. The van der Waals surface area contributed by atoms with Gasteiger partial charge >= 0.3 is 0 Å². The number of nitrogens with one attached hydrogen (secondary N) is 1. The number of hydrogen-bond donors (Lipinski definition) is 1. The third-order valence-electron chi connectivity index (χ3n) is 8.27. The van der Waals surface area contributed by atoms with Gasteiger partial charge in [-0.05, 0) is 104 Å². The highest BCUT2D eigenvalue weighted by molar-refractivity contribution is 5.95. The zero-order valence-electron chi connectivity index (χ0n) is 20.7. The second-order valence-electron chi connectivity index (χ2n) is 10.9. The maximum Gasteiger partial charge on any atom is 0.253 e. The summed E-state index contributed by atoms with van der Waals surface area (Å²) < 4.78 is 0. The van der Waals surface area contributed by atoms with Gasteiger partial charge in [0.25, 0.3) is 5.91 Å². The number of pyridine rings is 1. The minimum absolute atomic E-state index is 0.000198. The van der Waals surface area contributed by atoms with Gasteiger partial charge in [0.1, 0.15) is 0 Å². The lowest BCUT2D eigenvalue weighted by Crippen LogP contribution is -2.34. The maximum atomic E-state index is 12.7. The van der Waals surface area contributed by atoms with Crippen molar-refractivity contribution < 1.29 is 4.79 Å². The minimum atomic E-state index is 0.000198. The zero-order chi connectivity index (χ0) is 23.1. The van der Waals surface area contributed by atoms with E-state index in [1.807, 2.05) is 6.07 Å². The van der Waals surface area contributed by atoms with Gasteiger partial charge in [-0.2, -0.15) is 0 Å². The maximum absolute atomic E-state index is 12.7. The molecule has 1 heterocycles. The summed E-state index contributed by atoms with van der Waals surface area (Å²) in [5.74, 6) is 2.75. The molecule has 1 aromatic carbocycles. The molecule has 5 rings (SSSR count). The van der Waals surface area contributed by atoms with Crippen LogP contribution in [0.5, 0.6) is 0 Å². The van der Waals surface area contributed by atoms with E-state index in [0.717, 1.165) is 24.5 Å². The average molecular weight is 443 g/mol. The highest BCUT2D eigenvalue weighted by Gasteiger charge is 2.34. The van der Waals surface area contributed by atoms with E-state index in [1.54, 1.807) is 6.20 Å². The Morgan fingerprint density at radius 3 is 2.58 bits per heavy atom. The van der Waals surface area contributed by atoms with Crippen molar-refractivity contribution in [2.24, 2.45) is 17.8 Å². The molecule has 1 N–H and O–H groups in total. The van der Waals surface area contributed by atoms with Gasteiger partial charge in [0.05, 0.1) is 11.3 Å². The van der Waals surface area contributed by atoms with Gasteiger partial charge < -0.3 is 5.32 Å². The molecule has 0 bridgehead atoms. The number of benzene rings is 1. The number of nitrogens with zero attached hydrogens (tertiary/aromatic N) is 1. The highest BCUT2D eigenvalue weighted by atomic mass is 16.1. The second kappa shape index (κ2) is 9.08. The smallest absolute Gasteiger partial charge is 0.253 e. The van der Waals surface area contributed by atoms with Crippen molar-refractivity contribution in [3.63, 3.8) is 0 Å². The average Bonchev–Trinajstić information content (AvgIpc) is 3.71. The Morgan fingerprint density at radius 2 is 1.94 bits per heavy atom. The first-order valence-electron chi connectivity index (χ1n) is 13.0. The molecule has 3 atom stereocenters. The van der Waals surface area contributed by atoms with Crippen molar-refractivity contribution in [2.75, 3.05) is 0 Å². The molecule has 3 aliphatic rings. The van der Waals surface area contributed by atoms with Crippen LogP contribution in [0.15, 0.2) is 36.5 Å². The monoisotopic (exact) mass is 442 g/mol. The summed E-state index contributed by atoms with van der Waals surface area (Å²) >= 11 is 0. The van der Waals surface area contributed by atoms with Gasteiger partial charge in [0.2, 0.25) is 0 Å². The second-order valence-corrected chi connectivity index (χ2v) is 10.9. The highest BCUT2D eigenvalue weighted by Crippen LogP contribution is 2.49. The normalized spacial score (nSPS) is 23.6. The largest absolute Gasteiger partial charge is 0.349 e. The number of rotatable bonds is 7. The summed E-state index contributed by atoms with van der Waals surface area (Å²) in [7, 11) is 0. The molecular weight excluding hydrogens is 404 g/mol. The molecule has 2 fully saturated rings. The fourth-order valence-corrected chi connectivity index (χ4v) is 5.75. The lowest BCUT2D eigenvalue weighted by molar-refractivity contribution is 0.0935. The van der Waals surface area contributed by atoms with Crippen molar-refractivity contribution in [3.05, 3.63) is 64.5 Å². The number of aromatic nitrogens is 1. The summed E-state index contributed by atoms with van der Waals surface area (Å²) in [6, 6.07) is 11.3. The molecule has 3 heteroatoms. The Kier molecular flexibility index (Phi) is 6.16. The van der Waals surface area contributed by atoms with Crippen LogP contribution >= 0.6 is 0 Å². The topological polar surface area (TPSA) is 42.0 Å². The summed E-state index contributed by atoms with van der Waals surface area (Å²) in [5.41, 5.74) is 8.77. The Labute approximate surface area is 199 Å². The number of aryl methyl sites for hydroxylation is 1. The van der Waals surface area contributed by atoms with E-state index < -0.39 is 0 Å². The number of carbonyl (C=O) groups is 1. The minimum Gasteiger partial charge on any atom is -0.349 e. The van der Waals surface area contributed by atoms with E-state index in [0.29, 0.717) is 23.3 Å². The summed E-state index contributed by atoms with van der Waals surface area (Å²) in [4.78, 5) is 17.6. The van der Waals surface area contributed by atoms with Gasteiger partial charge in [-0.25, -0.2) is 0 Å². The molecule has 2 saturated carbocycles. The standard InChI is InChI=1S/C30H38N2O/c1-5-25-27-14-18(2)6-12-26(27)19(3)24(15-21-7-8-21)16-28(25)29-13-11-23(17-31-29)30(33)32-20(4)22-9-10-22/h6,11-14,17,19-22,24H,5,7-10,15-16H2,1-4H3,(H,32,33). The molecule has 0 radical (unpaired) electrons. The van der Waals surface area contributed by atoms with E-state index >= 15 is 0 Å². The fourth-order valence-electron chi connectivity index (χ4n) is 5.75. The number of carbonyl (C=O) groups excluding carboxylic acids is 1. The van der Waals surface area contributed by atoms with Crippen molar-refractivity contribution >= 4 is 17.1 Å². The first-order chi connectivity index (χ1) is 15.9. The molecule has 0 saturated heterocycles. The first-order valence-corrected chi connectivity index (χ1v) is 13.0. The molecule has 2 aromatic rings. The lowest BCUT2D eigenvalue weighted by atomic mass is 9.80. The van der Waals surface area contributed by atoms with E-state index in [9.17, 15) is 4.79 Å². The third-order valence-corrected chi connectivity index (χ3v) is 8.27. The molecule has 1 amide bonds. The molecule has 3 aliphatic carbocycles. The molecule has 1 aromatic heterocycles. The fraction of sp³-hybridized carbons (Fsp3) is 0.533. The van der Waals surface area contributed by atoms with E-state index in [1.165, 1.54) is 59.9 Å². The number of amides is 1. The van der Waals surface area contributed by atoms with Crippen LogP contribution in [0.2, 0.25) is 0 Å². The molecule has 33 heavy (non-hydrogen) atoms. The van der Waals surface area contributed by atoms with Crippen molar-refractivity contribution in [1.29, 1.82) is 0 Å². The van der Waals surface area contributed by atoms with Crippen LogP contribution in [0.25, 0.3) is 11.1 Å². The Balaban J connectivity index is 1.49. The summed E-state index contributed by atoms with van der Waals surface area (Å²) in [5, 5.41) is 3.16. The van der Waals surface area contributed by atoms with Crippen LogP contribution in [0.1, 0.15) is 104 Å². The van der Waals surface area contributed by atoms with Gasteiger partial charge in [0, 0.05) is 12.2 Å². The van der Waals surface area contributed by atoms with Crippen molar-refractivity contribution in [1.82, 2.24) is 10.3 Å². The summed E-state index contributed by atoms with van der Waals surface area (Å²) in [6.45, 7) is 9.01. The molecule has 3 unspecified atom stereocenters. The lowest BCUT2D eigenvalue weighted by Gasteiger charge is -2.24. The predicted octanol–water partition coefficient (Wildman–Crippen LogP) is 7.16. The zero-order valence-corrected chi connectivity index (χ0v) is 20.7. The molecule has 3 nitrogen and oxygen atoms in total. The van der Waals surface area contributed by atoms with E-state index in [2.05, 4.69) is 57.3 Å². The Bertz CT molecular complexity index is 1060. The quantitative estimate of drug-likeness (QED) is 0.494. The van der Waals surface area contributed by atoms with Gasteiger partial charge in [-0.15, -0.1) is 0 Å². The molecule has 174 valence electrons. The first kappa shape index (κ1) is 22.4. The van der Waals surface area contributed by atoms with Crippen LogP contribution < -0.4 is 5.32 Å². The van der Waals surface area contributed by atoms with Crippen LogP contribution in [0.4, 0.5) is 0 Å². The number of allylic oxidation sites excluding steroid dienone is 2.